The van der Waals surface area contributed by atoms with Gasteiger partial charge in [0.25, 0.3) is 0 Å². The Kier molecular flexibility index (Phi) is 4.16. The molecule has 1 aromatic carbocycles. The van der Waals surface area contributed by atoms with Crippen LogP contribution in [0.1, 0.15) is 50.5 Å². The molecule has 0 aromatic heterocycles. The van der Waals surface area contributed by atoms with Crippen molar-refractivity contribution in [2.75, 3.05) is 0 Å². The fraction of sp³-hybridized carbons (Fsp3) is 0.571. The zero-order valence-corrected chi connectivity index (χ0v) is 11.2. The van der Waals surface area contributed by atoms with E-state index in [2.05, 4.69) is 13.0 Å². The van der Waals surface area contributed by atoms with E-state index < -0.39 is 0 Å². The van der Waals surface area contributed by atoms with Gasteiger partial charge in [0, 0.05) is 10.0 Å². The van der Waals surface area contributed by atoms with Crippen LogP contribution in [-0.4, -0.2) is 0 Å². The van der Waals surface area contributed by atoms with Gasteiger partial charge in [-0.15, -0.1) is 0 Å². The van der Waals surface area contributed by atoms with E-state index in [1.54, 1.807) is 0 Å². The SMILES string of the molecule is CC(c1ccc(Cl)cc1Cl)C1CCCCC1. The molecule has 0 heterocycles. The summed E-state index contributed by atoms with van der Waals surface area (Å²) in [5, 5.41) is 1.55. The van der Waals surface area contributed by atoms with E-state index in [-0.39, 0.29) is 0 Å². The molecule has 0 aliphatic heterocycles. The van der Waals surface area contributed by atoms with Crippen molar-refractivity contribution < 1.29 is 0 Å². The first-order chi connectivity index (χ1) is 7.68. The van der Waals surface area contributed by atoms with Crippen LogP contribution >= 0.6 is 23.2 Å². The van der Waals surface area contributed by atoms with E-state index in [0.29, 0.717) is 5.92 Å². The average molecular weight is 257 g/mol. The Morgan fingerprint density at radius 2 is 1.81 bits per heavy atom. The first-order valence-electron chi connectivity index (χ1n) is 6.13. The Morgan fingerprint density at radius 3 is 2.44 bits per heavy atom. The molecule has 1 aliphatic carbocycles. The summed E-state index contributed by atoms with van der Waals surface area (Å²) in [5.41, 5.74) is 1.26. The predicted molar refractivity (Wildman–Crippen MR) is 71.5 cm³/mol. The molecular formula is C14H18Cl2. The van der Waals surface area contributed by atoms with Crippen LogP contribution in [0, 0.1) is 5.92 Å². The minimum atomic E-state index is 0.560. The second kappa shape index (κ2) is 5.42. The van der Waals surface area contributed by atoms with E-state index >= 15 is 0 Å². The molecule has 0 radical (unpaired) electrons. The second-order valence-electron chi connectivity index (χ2n) is 4.85. The number of rotatable bonds is 2. The Balaban J connectivity index is 2.15. The Hall–Kier alpha value is -0.200. The summed E-state index contributed by atoms with van der Waals surface area (Å²) in [4.78, 5) is 0. The summed E-state index contributed by atoms with van der Waals surface area (Å²) in [5.74, 6) is 1.36. The van der Waals surface area contributed by atoms with Gasteiger partial charge in [0.15, 0.2) is 0 Å². The maximum atomic E-state index is 6.26. The smallest absolute Gasteiger partial charge is 0.0455 e. The largest absolute Gasteiger partial charge is 0.0843 e. The van der Waals surface area contributed by atoms with Gasteiger partial charge in [-0.2, -0.15) is 0 Å². The molecule has 1 saturated carbocycles. The fourth-order valence-electron chi connectivity index (χ4n) is 2.76. The monoisotopic (exact) mass is 256 g/mol. The van der Waals surface area contributed by atoms with Gasteiger partial charge in [0.1, 0.15) is 0 Å². The summed E-state index contributed by atoms with van der Waals surface area (Å²) in [6, 6.07) is 5.89. The Bertz CT molecular complexity index is 354. The van der Waals surface area contributed by atoms with Gasteiger partial charge in [0.05, 0.1) is 0 Å². The molecule has 1 unspecified atom stereocenters. The predicted octanol–water partition coefficient (Wildman–Crippen LogP) is 5.68. The van der Waals surface area contributed by atoms with Crippen LogP contribution < -0.4 is 0 Å². The molecule has 2 heteroatoms. The van der Waals surface area contributed by atoms with E-state index in [0.717, 1.165) is 16.0 Å². The van der Waals surface area contributed by atoms with Crippen molar-refractivity contribution in [1.82, 2.24) is 0 Å². The number of halogens is 2. The summed E-state index contributed by atoms with van der Waals surface area (Å²) in [7, 11) is 0. The maximum absolute atomic E-state index is 6.26. The Morgan fingerprint density at radius 1 is 1.12 bits per heavy atom. The molecule has 1 aromatic rings. The summed E-state index contributed by atoms with van der Waals surface area (Å²) < 4.78 is 0. The molecular weight excluding hydrogens is 239 g/mol. The molecule has 0 nitrogen and oxygen atoms in total. The minimum absolute atomic E-state index is 0.560. The lowest BCUT2D eigenvalue weighted by Gasteiger charge is -2.28. The van der Waals surface area contributed by atoms with Gasteiger partial charge in [-0.25, -0.2) is 0 Å². The van der Waals surface area contributed by atoms with Gasteiger partial charge in [-0.3, -0.25) is 0 Å². The number of hydrogen-bond acceptors (Lipinski definition) is 0. The van der Waals surface area contributed by atoms with Crippen LogP contribution in [0.15, 0.2) is 18.2 Å². The van der Waals surface area contributed by atoms with Crippen LogP contribution in [0.3, 0.4) is 0 Å². The topological polar surface area (TPSA) is 0 Å². The van der Waals surface area contributed by atoms with E-state index in [1.807, 2.05) is 12.1 Å². The van der Waals surface area contributed by atoms with E-state index in [4.69, 9.17) is 23.2 Å². The number of hydrogen-bond donors (Lipinski definition) is 0. The van der Waals surface area contributed by atoms with Gasteiger partial charge in [0.2, 0.25) is 0 Å². The van der Waals surface area contributed by atoms with Crippen molar-refractivity contribution >= 4 is 23.2 Å². The Labute approximate surface area is 108 Å². The van der Waals surface area contributed by atoms with Crippen molar-refractivity contribution in [3.63, 3.8) is 0 Å². The van der Waals surface area contributed by atoms with E-state index in [1.165, 1.54) is 37.7 Å². The third-order valence-electron chi connectivity index (χ3n) is 3.81. The molecule has 0 spiro atoms. The quantitative estimate of drug-likeness (QED) is 0.639. The fourth-order valence-corrected chi connectivity index (χ4v) is 3.34. The summed E-state index contributed by atoms with van der Waals surface area (Å²) in [6.07, 6.45) is 6.85. The molecule has 1 fully saturated rings. The van der Waals surface area contributed by atoms with Gasteiger partial charge < -0.3 is 0 Å². The van der Waals surface area contributed by atoms with Crippen LogP contribution in [0.2, 0.25) is 10.0 Å². The normalized spacial score (nSPS) is 19.7. The molecule has 0 saturated heterocycles. The van der Waals surface area contributed by atoms with Crippen LogP contribution in [-0.2, 0) is 0 Å². The summed E-state index contributed by atoms with van der Waals surface area (Å²) >= 11 is 12.2. The second-order valence-corrected chi connectivity index (χ2v) is 5.70. The zero-order chi connectivity index (χ0) is 11.5. The maximum Gasteiger partial charge on any atom is 0.0455 e. The van der Waals surface area contributed by atoms with Crippen molar-refractivity contribution in [3.8, 4) is 0 Å². The van der Waals surface area contributed by atoms with Crippen LogP contribution in [0.4, 0.5) is 0 Å². The highest BCUT2D eigenvalue weighted by Gasteiger charge is 2.22. The van der Waals surface area contributed by atoms with Crippen molar-refractivity contribution in [1.29, 1.82) is 0 Å². The van der Waals surface area contributed by atoms with E-state index in [9.17, 15) is 0 Å². The average Bonchev–Trinajstić information content (AvgIpc) is 2.29. The van der Waals surface area contributed by atoms with Crippen LogP contribution in [0.25, 0.3) is 0 Å². The van der Waals surface area contributed by atoms with Crippen molar-refractivity contribution in [3.05, 3.63) is 33.8 Å². The first-order valence-corrected chi connectivity index (χ1v) is 6.89. The molecule has 0 bridgehead atoms. The zero-order valence-electron chi connectivity index (χ0n) is 9.68. The van der Waals surface area contributed by atoms with Crippen LogP contribution in [0.5, 0.6) is 0 Å². The molecule has 16 heavy (non-hydrogen) atoms. The highest BCUT2D eigenvalue weighted by atomic mass is 35.5. The van der Waals surface area contributed by atoms with Gasteiger partial charge in [-0.05, 0) is 42.4 Å². The third-order valence-corrected chi connectivity index (χ3v) is 4.37. The third kappa shape index (κ3) is 2.73. The van der Waals surface area contributed by atoms with Crippen molar-refractivity contribution in [2.45, 2.75) is 44.9 Å². The molecule has 2 rings (SSSR count). The van der Waals surface area contributed by atoms with Gasteiger partial charge >= 0.3 is 0 Å². The molecule has 1 aliphatic rings. The molecule has 0 N–H and O–H groups in total. The molecule has 88 valence electrons. The lowest BCUT2D eigenvalue weighted by Crippen LogP contribution is -2.14. The van der Waals surface area contributed by atoms with Crippen molar-refractivity contribution in [2.24, 2.45) is 5.92 Å². The molecule has 1 atom stereocenters. The highest BCUT2D eigenvalue weighted by molar-refractivity contribution is 6.35. The first kappa shape index (κ1) is 12.3. The lowest BCUT2D eigenvalue weighted by atomic mass is 9.78. The number of benzene rings is 1. The summed E-state index contributed by atoms with van der Waals surface area (Å²) in [6.45, 7) is 2.30. The highest BCUT2D eigenvalue weighted by Crippen LogP contribution is 2.38. The minimum Gasteiger partial charge on any atom is -0.0843 e. The lowest BCUT2D eigenvalue weighted by molar-refractivity contribution is 0.316. The molecule has 0 amide bonds. The standard InChI is InChI=1S/C14H18Cl2/c1-10(11-5-3-2-4-6-11)13-8-7-12(15)9-14(13)16/h7-11H,2-6H2,1H3. The van der Waals surface area contributed by atoms with Gasteiger partial charge in [-0.1, -0.05) is 55.5 Å².